The second-order valence-electron chi connectivity index (χ2n) is 11.7. The zero-order valence-corrected chi connectivity index (χ0v) is 16.6. The fourth-order valence-corrected chi connectivity index (χ4v) is 9.88. The highest BCUT2D eigenvalue weighted by Gasteiger charge is 2.80. The number of fused-ring (bicyclic) bond motifs is 12. The minimum absolute atomic E-state index is 0.0311. The summed E-state index contributed by atoms with van der Waals surface area (Å²) in [6.07, 6.45) is 10.5. The van der Waals surface area contributed by atoms with Crippen LogP contribution in [-0.2, 0) is 9.53 Å². The molecule has 0 aromatic carbocycles. The van der Waals surface area contributed by atoms with Crippen LogP contribution in [-0.4, -0.2) is 22.8 Å². The van der Waals surface area contributed by atoms with Crippen LogP contribution < -0.4 is 0 Å². The highest BCUT2D eigenvalue weighted by Crippen LogP contribution is 2.82. The molecule has 6 fully saturated rings. The molecule has 3 nitrogen and oxygen atoms in total. The zero-order chi connectivity index (χ0) is 18.3. The van der Waals surface area contributed by atoms with Crippen molar-refractivity contribution in [1.82, 2.24) is 0 Å². The molecular formula is C24H32O3. The SMILES string of the molecule is CC12CCC(=O)C=C1C1CC1C1C2CCC2(C)C1C1CC1C21CCC(O)O1. The standard InChI is InChI=1S/C24H32O3/c1-22-6-3-12(25)9-17(22)13-10-14(13)20-16(22)4-7-23(2)21(20)15-11-18(15)24(23)8-5-19(26)27-24/h9,13-16,18-21,26H,3-8,10-11H2,1-2H3. The third kappa shape index (κ3) is 1.65. The van der Waals surface area contributed by atoms with Gasteiger partial charge in [-0.2, -0.15) is 0 Å². The summed E-state index contributed by atoms with van der Waals surface area (Å²) in [5.41, 5.74) is 2.04. The molecule has 0 aromatic rings. The minimum Gasteiger partial charge on any atom is -0.368 e. The first-order chi connectivity index (χ1) is 12.9. The molecule has 0 radical (unpaired) electrons. The van der Waals surface area contributed by atoms with Crippen LogP contribution in [0.3, 0.4) is 0 Å². The molecule has 1 heterocycles. The summed E-state index contributed by atoms with van der Waals surface area (Å²) in [6.45, 7) is 5.04. The normalized spacial score (nSPS) is 65.0. The van der Waals surface area contributed by atoms with Gasteiger partial charge in [-0.3, -0.25) is 4.79 Å². The monoisotopic (exact) mass is 368 g/mol. The second-order valence-corrected chi connectivity index (χ2v) is 11.7. The predicted octanol–water partition coefficient (Wildman–Crippen LogP) is 4.10. The number of allylic oxidation sites excluding steroid dienone is 1. The van der Waals surface area contributed by atoms with Gasteiger partial charge >= 0.3 is 0 Å². The van der Waals surface area contributed by atoms with Crippen LogP contribution in [0.2, 0.25) is 0 Å². The van der Waals surface area contributed by atoms with Gasteiger partial charge in [0.1, 0.15) is 0 Å². The average molecular weight is 369 g/mol. The van der Waals surface area contributed by atoms with E-state index < -0.39 is 6.29 Å². The van der Waals surface area contributed by atoms with Crippen molar-refractivity contribution in [3.8, 4) is 0 Å². The summed E-state index contributed by atoms with van der Waals surface area (Å²) >= 11 is 0. The lowest BCUT2D eigenvalue weighted by atomic mass is 9.45. The van der Waals surface area contributed by atoms with Gasteiger partial charge in [-0.25, -0.2) is 0 Å². The summed E-state index contributed by atoms with van der Waals surface area (Å²) in [6, 6.07) is 0. The first kappa shape index (κ1) is 16.2. The molecule has 27 heavy (non-hydrogen) atoms. The van der Waals surface area contributed by atoms with E-state index in [-0.39, 0.29) is 16.4 Å². The van der Waals surface area contributed by atoms with Gasteiger partial charge in [-0.1, -0.05) is 19.4 Å². The zero-order valence-electron chi connectivity index (χ0n) is 16.6. The number of aliphatic hydroxyl groups is 1. The van der Waals surface area contributed by atoms with E-state index in [0.717, 1.165) is 55.3 Å². The fourth-order valence-electron chi connectivity index (χ4n) is 9.88. The molecule has 1 spiro atoms. The molecule has 0 aromatic heterocycles. The number of rotatable bonds is 0. The lowest BCUT2D eigenvalue weighted by Gasteiger charge is -2.60. The summed E-state index contributed by atoms with van der Waals surface area (Å²) < 4.78 is 6.41. The maximum atomic E-state index is 12.2. The Labute approximate surface area is 161 Å². The molecule has 5 saturated carbocycles. The highest BCUT2D eigenvalue weighted by atomic mass is 16.6. The second kappa shape index (κ2) is 4.56. The summed E-state index contributed by atoms with van der Waals surface area (Å²) in [5, 5.41) is 10.2. The largest absolute Gasteiger partial charge is 0.368 e. The Bertz CT molecular complexity index is 786. The number of carbonyl (C=O) groups excluding carboxylic acids is 1. The first-order valence-electron chi connectivity index (χ1n) is 11.5. The Morgan fingerprint density at radius 2 is 1.93 bits per heavy atom. The van der Waals surface area contributed by atoms with Crippen molar-refractivity contribution >= 4 is 5.78 Å². The van der Waals surface area contributed by atoms with E-state index in [2.05, 4.69) is 19.9 Å². The Balaban J connectivity index is 1.33. The summed E-state index contributed by atoms with van der Waals surface area (Å²) in [4.78, 5) is 12.2. The molecule has 11 atom stereocenters. The molecule has 7 rings (SSSR count). The van der Waals surface area contributed by atoms with E-state index >= 15 is 0 Å². The number of hydrogen-bond acceptors (Lipinski definition) is 3. The molecule has 1 N–H and O–H groups in total. The van der Waals surface area contributed by atoms with Crippen LogP contribution in [0, 0.1) is 52.3 Å². The van der Waals surface area contributed by atoms with Gasteiger partial charge in [-0.05, 0) is 91.4 Å². The van der Waals surface area contributed by atoms with Gasteiger partial charge in [0.05, 0.1) is 5.60 Å². The van der Waals surface area contributed by atoms with Gasteiger partial charge in [0.25, 0.3) is 0 Å². The number of hydrogen-bond donors (Lipinski definition) is 1. The molecular weight excluding hydrogens is 336 g/mol. The van der Waals surface area contributed by atoms with Crippen LogP contribution in [0.15, 0.2) is 11.6 Å². The average Bonchev–Trinajstić information content (AvgIpc) is 3.53. The van der Waals surface area contributed by atoms with Crippen molar-refractivity contribution in [1.29, 1.82) is 0 Å². The van der Waals surface area contributed by atoms with Crippen LogP contribution >= 0.6 is 0 Å². The molecule has 0 amide bonds. The minimum atomic E-state index is -0.531. The molecule has 6 aliphatic carbocycles. The molecule has 11 unspecified atom stereocenters. The van der Waals surface area contributed by atoms with Crippen molar-refractivity contribution < 1.29 is 14.6 Å². The van der Waals surface area contributed by atoms with E-state index in [9.17, 15) is 9.90 Å². The number of carbonyl (C=O) groups is 1. The maximum Gasteiger partial charge on any atom is 0.155 e. The third-order valence-corrected chi connectivity index (χ3v) is 11.0. The lowest BCUT2D eigenvalue weighted by molar-refractivity contribution is -0.210. The summed E-state index contributed by atoms with van der Waals surface area (Å²) in [5.74, 6) is 5.84. The quantitative estimate of drug-likeness (QED) is 0.700. The van der Waals surface area contributed by atoms with Crippen LogP contribution in [0.25, 0.3) is 0 Å². The Morgan fingerprint density at radius 1 is 1.07 bits per heavy atom. The van der Waals surface area contributed by atoms with Crippen molar-refractivity contribution in [2.45, 2.75) is 77.1 Å². The van der Waals surface area contributed by atoms with Gasteiger partial charge in [-0.15, -0.1) is 0 Å². The van der Waals surface area contributed by atoms with E-state index in [4.69, 9.17) is 4.74 Å². The highest BCUT2D eigenvalue weighted by molar-refractivity contribution is 5.92. The van der Waals surface area contributed by atoms with E-state index in [1.54, 1.807) is 5.57 Å². The Kier molecular flexibility index (Phi) is 2.73. The third-order valence-electron chi connectivity index (χ3n) is 11.0. The van der Waals surface area contributed by atoms with Crippen molar-refractivity contribution in [3.05, 3.63) is 11.6 Å². The Hall–Kier alpha value is -0.670. The van der Waals surface area contributed by atoms with Gasteiger partial charge < -0.3 is 9.84 Å². The van der Waals surface area contributed by atoms with Gasteiger partial charge in [0, 0.05) is 18.3 Å². The molecule has 7 aliphatic rings. The number of aliphatic hydroxyl groups excluding tert-OH is 1. The fraction of sp³-hybridized carbons (Fsp3) is 0.875. The molecule has 146 valence electrons. The number of ether oxygens (including phenoxy) is 1. The lowest BCUT2D eigenvalue weighted by Crippen LogP contribution is -2.57. The van der Waals surface area contributed by atoms with Gasteiger partial charge in [0.15, 0.2) is 12.1 Å². The first-order valence-corrected chi connectivity index (χ1v) is 11.5. The predicted molar refractivity (Wildman–Crippen MR) is 100 cm³/mol. The van der Waals surface area contributed by atoms with Crippen molar-refractivity contribution in [2.75, 3.05) is 0 Å². The van der Waals surface area contributed by atoms with E-state index in [0.29, 0.717) is 17.6 Å². The molecule has 1 saturated heterocycles. The molecule has 3 heteroatoms. The van der Waals surface area contributed by atoms with E-state index in [1.807, 2.05) is 0 Å². The Morgan fingerprint density at radius 3 is 2.70 bits per heavy atom. The van der Waals surface area contributed by atoms with Crippen LogP contribution in [0.1, 0.15) is 65.2 Å². The van der Waals surface area contributed by atoms with Crippen molar-refractivity contribution in [3.63, 3.8) is 0 Å². The number of ketones is 1. The topological polar surface area (TPSA) is 46.5 Å². The van der Waals surface area contributed by atoms with Gasteiger partial charge in [0.2, 0.25) is 0 Å². The molecule has 1 aliphatic heterocycles. The van der Waals surface area contributed by atoms with Crippen LogP contribution in [0.5, 0.6) is 0 Å². The smallest absolute Gasteiger partial charge is 0.155 e. The van der Waals surface area contributed by atoms with E-state index in [1.165, 1.54) is 25.7 Å². The van der Waals surface area contributed by atoms with Crippen molar-refractivity contribution in [2.24, 2.45) is 52.3 Å². The molecule has 0 bridgehead atoms. The van der Waals surface area contributed by atoms with Crippen LogP contribution in [0.4, 0.5) is 0 Å². The summed E-state index contributed by atoms with van der Waals surface area (Å²) in [7, 11) is 0. The maximum absolute atomic E-state index is 12.2.